The van der Waals surface area contributed by atoms with Crippen LogP contribution in [-0.2, 0) is 4.79 Å². The molecule has 1 atom stereocenters. The SMILES string of the molecule is C[C@H](NC(=O)CSc1ccc(F)cc1)c1ccc2c(c1)OCO2. The Kier molecular flexibility index (Phi) is 4.71. The Bertz CT molecular complexity index is 705. The molecule has 23 heavy (non-hydrogen) atoms. The molecule has 2 aromatic rings. The van der Waals surface area contributed by atoms with Crippen LogP contribution < -0.4 is 14.8 Å². The molecule has 120 valence electrons. The number of hydrogen-bond donors (Lipinski definition) is 1. The Morgan fingerprint density at radius 3 is 2.74 bits per heavy atom. The zero-order valence-corrected chi connectivity index (χ0v) is 13.4. The Labute approximate surface area is 138 Å². The van der Waals surface area contributed by atoms with Gasteiger partial charge in [-0.2, -0.15) is 0 Å². The van der Waals surface area contributed by atoms with E-state index >= 15 is 0 Å². The molecule has 4 nitrogen and oxygen atoms in total. The molecule has 0 saturated heterocycles. The van der Waals surface area contributed by atoms with Gasteiger partial charge in [-0.15, -0.1) is 11.8 Å². The number of halogens is 1. The molecule has 0 radical (unpaired) electrons. The molecule has 1 heterocycles. The third-order valence-electron chi connectivity index (χ3n) is 3.46. The number of nitrogens with one attached hydrogen (secondary N) is 1. The monoisotopic (exact) mass is 333 g/mol. The minimum Gasteiger partial charge on any atom is -0.454 e. The van der Waals surface area contributed by atoms with Crippen molar-refractivity contribution in [1.29, 1.82) is 0 Å². The second kappa shape index (κ2) is 6.91. The Morgan fingerprint density at radius 1 is 1.22 bits per heavy atom. The highest BCUT2D eigenvalue weighted by atomic mass is 32.2. The summed E-state index contributed by atoms with van der Waals surface area (Å²) < 4.78 is 23.4. The summed E-state index contributed by atoms with van der Waals surface area (Å²) in [6.45, 7) is 2.14. The third-order valence-corrected chi connectivity index (χ3v) is 4.47. The molecule has 2 aromatic carbocycles. The molecular weight excluding hydrogens is 317 g/mol. The summed E-state index contributed by atoms with van der Waals surface area (Å²) in [5.74, 6) is 1.34. The van der Waals surface area contributed by atoms with Crippen LogP contribution in [-0.4, -0.2) is 18.5 Å². The lowest BCUT2D eigenvalue weighted by atomic mass is 10.1. The van der Waals surface area contributed by atoms with Gasteiger partial charge in [-0.1, -0.05) is 6.07 Å². The van der Waals surface area contributed by atoms with Crippen molar-refractivity contribution in [2.45, 2.75) is 17.9 Å². The first-order chi connectivity index (χ1) is 11.1. The summed E-state index contributed by atoms with van der Waals surface area (Å²) in [5.41, 5.74) is 0.953. The summed E-state index contributed by atoms with van der Waals surface area (Å²) in [5, 5.41) is 2.94. The van der Waals surface area contributed by atoms with E-state index in [1.807, 2.05) is 25.1 Å². The number of ether oxygens (including phenoxy) is 2. The maximum absolute atomic E-state index is 12.8. The molecule has 0 aliphatic carbocycles. The Hall–Kier alpha value is -2.21. The van der Waals surface area contributed by atoms with E-state index in [9.17, 15) is 9.18 Å². The standard InChI is InChI=1S/C17H16FNO3S/c1-11(12-2-7-15-16(8-12)22-10-21-15)19-17(20)9-23-14-5-3-13(18)4-6-14/h2-8,11H,9-10H2,1H3,(H,19,20)/t11-/m0/s1. The predicted molar refractivity (Wildman–Crippen MR) is 86.2 cm³/mol. The van der Waals surface area contributed by atoms with E-state index in [1.54, 1.807) is 12.1 Å². The van der Waals surface area contributed by atoms with Crippen molar-refractivity contribution in [1.82, 2.24) is 5.32 Å². The van der Waals surface area contributed by atoms with Crippen LogP contribution in [0.25, 0.3) is 0 Å². The number of carbonyl (C=O) groups excluding carboxylic acids is 1. The van der Waals surface area contributed by atoms with Gasteiger partial charge in [0, 0.05) is 4.90 Å². The molecule has 3 rings (SSSR count). The fourth-order valence-corrected chi connectivity index (χ4v) is 2.94. The molecule has 1 aliphatic heterocycles. The minimum absolute atomic E-state index is 0.0792. The van der Waals surface area contributed by atoms with Gasteiger partial charge in [0.1, 0.15) is 5.82 Å². The first-order valence-corrected chi connectivity index (χ1v) is 8.17. The second-order valence-electron chi connectivity index (χ2n) is 5.14. The van der Waals surface area contributed by atoms with E-state index in [0.717, 1.165) is 16.2 Å². The maximum atomic E-state index is 12.8. The third kappa shape index (κ3) is 3.96. The number of fused-ring (bicyclic) bond motifs is 1. The zero-order chi connectivity index (χ0) is 16.2. The molecular formula is C17H16FNO3S. The highest BCUT2D eigenvalue weighted by Gasteiger charge is 2.16. The smallest absolute Gasteiger partial charge is 0.231 e. The van der Waals surface area contributed by atoms with Gasteiger partial charge in [0.05, 0.1) is 11.8 Å². The minimum atomic E-state index is -0.282. The first-order valence-electron chi connectivity index (χ1n) is 7.19. The molecule has 0 saturated carbocycles. The van der Waals surface area contributed by atoms with Crippen LogP contribution in [0.5, 0.6) is 11.5 Å². The summed E-state index contributed by atoms with van der Waals surface area (Å²) in [6, 6.07) is 11.6. The van der Waals surface area contributed by atoms with Crippen LogP contribution in [0.3, 0.4) is 0 Å². The van der Waals surface area contributed by atoms with Crippen molar-refractivity contribution < 1.29 is 18.7 Å². The van der Waals surface area contributed by atoms with Gasteiger partial charge in [0.25, 0.3) is 0 Å². The van der Waals surface area contributed by atoms with Crippen molar-refractivity contribution in [2.75, 3.05) is 12.5 Å². The van der Waals surface area contributed by atoms with Crippen molar-refractivity contribution in [3.63, 3.8) is 0 Å². The van der Waals surface area contributed by atoms with Crippen molar-refractivity contribution in [2.24, 2.45) is 0 Å². The number of amides is 1. The normalized spacial score (nSPS) is 13.7. The van der Waals surface area contributed by atoms with E-state index in [4.69, 9.17) is 9.47 Å². The lowest BCUT2D eigenvalue weighted by Crippen LogP contribution is -2.28. The molecule has 0 fully saturated rings. The summed E-state index contributed by atoms with van der Waals surface area (Å²) >= 11 is 1.37. The highest BCUT2D eigenvalue weighted by molar-refractivity contribution is 8.00. The van der Waals surface area contributed by atoms with Crippen molar-refractivity contribution in [3.8, 4) is 11.5 Å². The van der Waals surface area contributed by atoms with Crippen LogP contribution in [0.4, 0.5) is 4.39 Å². The average molecular weight is 333 g/mol. The van der Waals surface area contributed by atoms with E-state index in [0.29, 0.717) is 5.75 Å². The van der Waals surface area contributed by atoms with Crippen molar-refractivity contribution in [3.05, 3.63) is 53.8 Å². The Morgan fingerprint density at radius 2 is 1.96 bits per heavy atom. The number of hydrogen-bond acceptors (Lipinski definition) is 4. The molecule has 1 aliphatic rings. The Balaban J connectivity index is 1.54. The van der Waals surface area contributed by atoms with E-state index in [-0.39, 0.29) is 30.3 Å². The van der Waals surface area contributed by atoms with E-state index in [2.05, 4.69) is 5.32 Å². The van der Waals surface area contributed by atoms with Gasteiger partial charge >= 0.3 is 0 Å². The van der Waals surface area contributed by atoms with Crippen LogP contribution in [0, 0.1) is 5.82 Å². The van der Waals surface area contributed by atoms with Gasteiger partial charge in [-0.25, -0.2) is 4.39 Å². The zero-order valence-electron chi connectivity index (χ0n) is 12.5. The lowest BCUT2D eigenvalue weighted by molar-refractivity contribution is -0.119. The van der Waals surface area contributed by atoms with Crippen LogP contribution in [0.1, 0.15) is 18.5 Å². The van der Waals surface area contributed by atoms with Gasteiger partial charge in [-0.05, 0) is 48.9 Å². The van der Waals surface area contributed by atoms with Gasteiger partial charge in [-0.3, -0.25) is 4.79 Å². The summed E-state index contributed by atoms with van der Waals surface area (Å²) in [6.07, 6.45) is 0. The van der Waals surface area contributed by atoms with Crippen molar-refractivity contribution >= 4 is 17.7 Å². The average Bonchev–Trinajstić information content (AvgIpc) is 3.02. The number of rotatable bonds is 5. The lowest BCUT2D eigenvalue weighted by Gasteiger charge is -2.14. The fourth-order valence-electron chi connectivity index (χ4n) is 2.23. The van der Waals surface area contributed by atoms with Gasteiger partial charge in [0.15, 0.2) is 11.5 Å². The molecule has 6 heteroatoms. The summed E-state index contributed by atoms with van der Waals surface area (Å²) in [4.78, 5) is 12.9. The quantitative estimate of drug-likeness (QED) is 0.851. The topological polar surface area (TPSA) is 47.6 Å². The maximum Gasteiger partial charge on any atom is 0.231 e. The van der Waals surface area contributed by atoms with E-state index in [1.165, 1.54) is 23.9 Å². The van der Waals surface area contributed by atoms with E-state index < -0.39 is 0 Å². The first kappa shape index (κ1) is 15.7. The number of thioether (sulfide) groups is 1. The molecule has 1 N–H and O–H groups in total. The van der Waals surface area contributed by atoms with Gasteiger partial charge in [0.2, 0.25) is 12.7 Å². The highest BCUT2D eigenvalue weighted by Crippen LogP contribution is 2.34. The summed E-state index contributed by atoms with van der Waals surface area (Å²) in [7, 11) is 0. The van der Waals surface area contributed by atoms with Gasteiger partial charge < -0.3 is 14.8 Å². The molecule has 1 amide bonds. The second-order valence-corrected chi connectivity index (χ2v) is 6.19. The number of benzene rings is 2. The molecule has 0 bridgehead atoms. The van der Waals surface area contributed by atoms with Crippen LogP contribution >= 0.6 is 11.8 Å². The molecule has 0 spiro atoms. The predicted octanol–water partition coefficient (Wildman–Crippen LogP) is 3.52. The largest absolute Gasteiger partial charge is 0.454 e. The molecule has 0 unspecified atom stereocenters. The van der Waals surface area contributed by atoms with Crippen LogP contribution in [0.15, 0.2) is 47.4 Å². The van der Waals surface area contributed by atoms with Crippen LogP contribution in [0.2, 0.25) is 0 Å². The number of carbonyl (C=O) groups is 1. The fraction of sp³-hybridized carbons (Fsp3) is 0.235. The molecule has 0 aromatic heterocycles.